The standard InChI is InChI=1S/C8H10F3NO6S/c1-17-5(13)3-19(16,4-6(14)18-2)12-7(15)8(9,10)11/h3-4H2,1-2H3. The van der Waals surface area contributed by atoms with Crippen LogP contribution in [0.25, 0.3) is 0 Å². The lowest BCUT2D eigenvalue weighted by Crippen LogP contribution is -2.29. The van der Waals surface area contributed by atoms with Crippen LogP contribution in [0.2, 0.25) is 0 Å². The number of esters is 2. The predicted molar refractivity (Wildman–Crippen MR) is 55.4 cm³/mol. The number of hydrogen-bond acceptors (Lipinski definition) is 6. The van der Waals surface area contributed by atoms with E-state index in [1.807, 2.05) is 0 Å². The third-order valence-electron chi connectivity index (χ3n) is 1.63. The third-order valence-corrected chi connectivity index (χ3v) is 3.51. The summed E-state index contributed by atoms with van der Waals surface area (Å²) in [6.45, 7) is 0. The van der Waals surface area contributed by atoms with Gasteiger partial charge in [-0.15, -0.1) is 0 Å². The zero-order valence-corrected chi connectivity index (χ0v) is 10.7. The fourth-order valence-electron chi connectivity index (χ4n) is 0.805. The second-order valence-corrected chi connectivity index (χ2v) is 5.41. The van der Waals surface area contributed by atoms with Crippen molar-refractivity contribution in [2.45, 2.75) is 6.18 Å². The molecule has 0 radical (unpaired) electrons. The molecule has 0 rings (SSSR count). The summed E-state index contributed by atoms with van der Waals surface area (Å²) in [6, 6.07) is 0. The van der Waals surface area contributed by atoms with Gasteiger partial charge in [0.15, 0.2) is 0 Å². The molecule has 0 atom stereocenters. The number of alkyl halides is 3. The second kappa shape index (κ2) is 6.50. The first-order chi connectivity index (χ1) is 8.54. The molecular weight excluding hydrogens is 295 g/mol. The fraction of sp³-hybridized carbons (Fsp3) is 0.625. The van der Waals surface area contributed by atoms with Crippen molar-refractivity contribution in [3.63, 3.8) is 0 Å². The van der Waals surface area contributed by atoms with Crippen LogP contribution in [0.4, 0.5) is 13.2 Å². The summed E-state index contributed by atoms with van der Waals surface area (Å²) < 4.78 is 58.6. The maximum absolute atomic E-state index is 12.0. The van der Waals surface area contributed by atoms with Crippen molar-refractivity contribution in [1.82, 2.24) is 0 Å². The van der Waals surface area contributed by atoms with Gasteiger partial charge >= 0.3 is 24.0 Å². The number of hydrogen-bond donors (Lipinski definition) is 0. The van der Waals surface area contributed by atoms with Gasteiger partial charge in [-0.25, -0.2) is 4.21 Å². The number of nitrogens with zero attached hydrogens (tertiary/aromatic N) is 1. The van der Waals surface area contributed by atoms with Gasteiger partial charge in [-0.1, -0.05) is 0 Å². The lowest BCUT2D eigenvalue weighted by Gasteiger charge is -2.08. The quantitative estimate of drug-likeness (QED) is 0.672. The number of amides is 1. The van der Waals surface area contributed by atoms with Gasteiger partial charge in [0.2, 0.25) is 0 Å². The van der Waals surface area contributed by atoms with Gasteiger partial charge in [-0.2, -0.15) is 17.5 Å². The number of rotatable bonds is 4. The van der Waals surface area contributed by atoms with Gasteiger partial charge in [-0.3, -0.25) is 14.4 Å². The Labute approximate surface area is 106 Å². The van der Waals surface area contributed by atoms with Crippen molar-refractivity contribution in [3.05, 3.63) is 0 Å². The fourth-order valence-corrected chi connectivity index (χ4v) is 2.41. The monoisotopic (exact) mass is 305 g/mol. The van der Waals surface area contributed by atoms with Crippen molar-refractivity contribution in [2.24, 2.45) is 4.36 Å². The first-order valence-corrected chi connectivity index (χ1v) is 6.36. The molecule has 0 saturated carbocycles. The summed E-state index contributed by atoms with van der Waals surface area (Å²) >= 11 is 0. The lowest BCUT2D eigenvalue weighted by molar-refractivity contribution is -0.169. The predicted octanol–water partition coefficient (Wildman–Crippen LogP) is -0.111. The van der Waals surface area contributed by atoms with Crippen molar-refractivity contribution >= 4 is 27.6 Å². The lowest BCUT2D eigenvalue weighted by atomic mass is 10.6. The Morgan fingerprint density at radius 1 is 1.05 bits per heavy atom. The highest BCUT2D eigenvalue weighted by Gasteiger charge is 2.40. The van der Waals surface area contributed by atoms with Gasteiger partial charge in [0.25, 0.3) is 0 Å². The number of halogens is 3. The summed E-state index contributed by atoms with van der Waals surface area (Å²) in [5.74, 6) is -7.24. The molecule has 0 aliphatic rings. The SMILES string of the molecule is COC(=O)CS(=O)(CC(=O)OC)=NC(=O)C(F)(F)F. The third kappa shape index (κ3) is 6.18. The van der Waals surface area contributed by atoms with E-state index in [0.717, 1.165) is 14.2 Å². The summed E-state index contributed by atoms with van der Waals surface area (Å²) in [6.07, 6.45) is -5.35. The number of methoxy groups -OCH3 is 2. The maximum atomic E-state index is 12.0. The Balaban J connectivity index is 5.45. The number of carbonyl (C=O) groups excluding carboxylic acids is 3. The van der Waals surface area contributed by atoms with E-state index in [2.05, 4.69) is 13.8 Å². The summed E-state index contributed by atoms with van der Waals surface area (Å²) in [7, 11) is -2.30. The second-order valence-electron chi connectivity index (χ2n) is 3.11. The minimum atomic E-state index is -5.35. The molecule has 7 nitrogen and oxygen atoms in total. The van der Waals surface area contributed by atoms with Crippen LogP contribution in [0.1, 0.15) is 0 Å². The Morgan fingerprint density at radius 2 is 1.42 bits per heavy atom. The van der Waals surface area contributed by atoms with Crippen LogP contribution >= 0.6 is 0 Å². The van der Waals surface area contributed by atoms with Crippen LogP contribution in [0.3, 0.4) is 0 Å². The van der Waals surface area contributed by atoms with Gasteiger partial charge in [0.05, 0.1) is 23.9 Å². The highest BCUT2D eigenvalue weighted by Crippen LogP contribution is 2.18. The molecule has 19 heavy (non-hydrogen) atoms. The molecule has 1 amide bonds. The molecule has 110 valence electrons. The summed E-state index contributed by atoms with van der Waals surface area (Å²) in [4.78, 5) is 32.5. The van der Waals surface area contributed by atoms with Crippen LogP contribution in [0, 0.1) is 0 Å². The highest BCUT2D eigenvalue weighted by molar-refractivity contribution is 7.95. The molecule has 0 fully saturated rings. The number of carbonyl (C=O) groups is 3. The minimum Gasteiger partial charge on any atom is -0.468 e. The Bertz CT molecular complexity index is 467. The molecule has 0 aromatic heterocycles. The van der Waals surface area contributed by atoms with E-state index in [9.17, 15) is 31.8 Å². The van der Waals surface area contributed by atoms with E-state index in [1.165, 1.54) is 0 Å². The first kappa shape index (κ1) is 17.4. The molecule has 0 aromatic rings. The average Bonchev–Trinajstić information content (AvgIpc) is 2.26. The molecule has 0 N–H and O–H groups in total. The van der Waals surface area contributed by atoms with Crippen molar-refractivity contribution in [3.8, 4) is 0 Å². The Morgan fingerprint density at radius 3 is 1.68 bits per heavy atom. The van der Waals surface area contributed by atoms with Crippen molar-refractivity contribution in [1.29, 1.82) is 0 Å². The minimum absolute atomic E-state index is 0.895. The van der Waals surface area contributed by atoms with Crippen molar-refractivity contribution < 1.29 is 41.2 Å². The van der Waals surface area contributed by atoms with Crippen LogP contribution in [0.5, 0.6) is 0 Å². The molecule has 0 spiro atoms. The largest absolute Gasteiger partial charge is 0.474 e. The van der Waals surface area contributed by atoms with Gasteiger partial charge in [0, 0.05) is 0 Å². The topological polar surface area (TPSA) is 99.1 Å². The molecule has 0 unspecified atom stereocenters. The molecule has 0 heterocycles. The summed E-state index contributed by atoms with van der Waals surface area (Å²) in [5.41, 5.74) is 0. The molecular formula is C8H10F3NO6S. The normalized spacial score (nSPS) is 11.6. The highest BCUT2D eigenvalue weighted by atomic mass is 32.2. The maximum Gasteiger partial charge on any atom is 0.474 e. The smallest absolute Gasteiger partial charge is 0.468 e. The van der Waals surface area contributed by atoms with E-state index in [1.54, 1.807) is 0 Å². The van der Waals surface area contributed by atoms with Crippen LogP contribution in [-0.2, 0) is 33.6 Å². The summed E-state index contributed by atoms with van der Waals surface area (Å²) in [5, 5.41) is 0. The van der Waals surface area contributed by atoms with Gasteiger partial charge in [-0.05, 0) is 0 Å². The molecule has 0 aliphatic heterocycles. The van der Waals surface area contributed by atoms with E-state index >= 15 is 0 Å². The first-order valence-electron chi connectivity index (χ1n) is 4.51. The van der Waals surface area contributed by atoms with E-state index in [4.69, 9.17) is 0 Å². The molecule has 0 aliphatic carbocycles. The van der Waals surface area contributed by atoms with Gasteiger partial charge in [0.1, 0.15) is 11.5 Å². The van der Waals surface area contributed by atoms with Crippen LogP contribution in [0.15, 0.2) is 4.36 Å². The van der Waals surface area contributed by atoms with Crippen LogP contribution in [-0.4, -0.2) is 54.0 Å². The molecule has 0 saturated heterocycles. The molecule has 0 aromatic carbocycles. The van der Waals surface area contributed by atoms with Crippen LogP contribution < -0.4 is 0 Å². The van der Waals surface area contributed by atoms with Gasteiger partial charge < -0.3 is 9.47 Å². The molecule has 0 bridgehead atoms. The van der Waals surface area contributed by atoms with E-state index in [0.29, 0.717) is 0 Å². The zero-order valence-electron chi connectivity index (χ0n) is 9.85. The number of ether oxygens (including phenoxy) is 2. The Kier molecular flexibility index (Phi) is 5.93. The van der Waals surface area contributed by atoms with E-state index < -0.39 is 45.3 Å². The van der Waals surface area contributed by atoms with E-state index in [-0.39, 0.29) is 0 Å². The zero-order chi connectivity index (χ0) is 15.3. The Hall–Kier alpha value is -1.65. The average molecular weight is 305 g/mol. The molecule has 11 heteroatoms. The van der Waals surface area contributed by atoms with Crippen molar-refractivity contribution in [2.75, 3.05) is 25.7 Å².